The molecule has 0 aromatic heterocycles. The number of ether oxygens (including phenoxy) is 1. The molecule has 0 amide bonds. The molecule has 1 unspecified atom stereocenters. The summed E-state index contributed by atoms with van der Waals surface area (Å²) in [5.41, 5.74) is 7.01. The lowest BCUT2D eigenvalue weighted by molar-refractivity contribution is 0.470. The Bertz CT molecular complexity index is 588. The maximum atomic E-state index is 13.1. The molecule has 0 bridgehead atoms. The minimum atomic E-state index is -0.458. The van der Waals surface area contributed by atoms with Gasteiger partial charge in [-0.15, -0.1) is 0 Å². The van der Waals surface area contributed by atoms with E-state index >= 15 is 0 Å². The number of rotatable bonds is 5. The number of hydrogen-bond acceptors (Lipinski definition) is 2. The van der Waals surface area contributed by atoms with Gasteiger partial charge in [0.05, 0.1) is 5.02 Å². The van der Waals surface area contributed by atoms with E-state index in [1.807, 2.05) is 31.2 Å². The second kappa shape index (κ2) is 6.73. The average molecular weight is 294 g/mol. The van der Waals surface area contributed by atoms with Gasteiger partial charge in [0.25, 0.3) is 0 Å². The van der Waals surface area contributed by atoms with Crippen LogP contribution in [0.4, 0.5) is 4.39 Å². The second-order valence-corrected chi connectivity index (χ2v) is 5.07. The summed E-state index contributed by atoms with van der Waals surface area (Å²) in [7, 11) is 0. The van der Waals surface area contributed by atoms with Crippen LogP contribution in [0.15, 0.2) is 42.5 Å². The van der Waals surface area contributed by atoms with Crippen molar-refractivity contribution < 1.29 is 9.13 Å². The standard InChI is InChI=1S/C16H17ClFNO/c1-2-12(19)9-11-5-3-4-6-16(11)20-13-7-8-15(18)14(17)10-13/h3-8,10,12H,2,9,19H2,1H3. The molecular weight excluding hydrogens is 277 g/mol. The van der Waals surface area contributed by atoms with Crippen molar-refractivity contribution in [2.45, 2.75) is 25.8 Å². The molecule has 2 rings (SSSR count). The third-order valence-electron chi connectivity index (χ3n) is 3.10. The van der Waals surface area contributed by atoms with E-state index in [-0.39, 0.29) is 11.1 Å². The van der Waals surface area contributed by atoms with Gasteiger partial charge in [0.15, 0.2) is 0 Å². The number of nitrogens with two attached hydrogens (primary N) is 1. The molecule has 20 heavy (non-hydrogen) atoms. The average Bonchev–Trinajstić information content (AvgIpc) is 2.45. The fourth-order valence-corrected chi connectivity index (χ4v) is 2.04. The molecule has 2 nitrogen and oxygen atoms in total. The zero-order valence-electron chi connectivity index (χ0n) is 11.3. The van der Waals surface area contributed by atoms with Gasteiger partial charge in [0, 0.05) is 12.1 Å². The van der Waals surface area contributed by atoms with Gasteiger partial charge in [-0.1, -0.05) is 36.7 Å². The molecule has 0 aliphatic rings. The van der Waals surface area contributed by atoms with Crippen molar-refractivity contribution in [3.8, 4) is 11.5 Å². The second-order valence-electron chi connectivity index (χ2n) is 4.66. The topological polar surface area (TPSA) is 35.2 Å². The summed E-state index contributed by atoms with van der Waals surface area (Å²) >= 11 is 5.75. The van der Waals surface area contributed by atoms with E-state index in [0.717, 1.165) is 24.2 Å². The van der Waals surface area contributed by atoms with Crippen molar-refractivity contribution in [2.24, 2.45) is 5.73 Å². The monoisotopic (exact) mass is 293 g/mol. The quantitative estimate of drug-likeness (QED) is 0.877. The molecule has 1 atom stereocenters. The van der Waals surface area contributed by atoms with Gasteiger partial charge in [0.1, 0.15) is 17.3 Å². The van der Waals surface area contributed by atoms with E-state index < -0.39 is 5.82 Å². The molecule has 0 aliphatic heterocycles. The van der Waals surface area contributed by atoms with Gasteiger partial charge in [-0.3, -0.25) is 0 Å². The number of halogens is 2. The van der Waals surface area contributed by atoms with Crippen LogP contribution in [0.1, 0.15) is 18.9 Å². The van der Waals surface area contributed by atoms with Crippen LogP contribution in [0.25, 0.3) is 0 Å². The minimum absolute atomic E-state index is 0.0465. The molecule has 2 aromatic rings. The van der Waals surface area contributed by atoms with Gasteiger partial charge >= 0.3 is 0 Å². The number of benzene rings is 2. The predicted octanol–water partition coefficient (Wildman–Crippen LogP) is 4.55. The normalized spacial score (nSPS) is 12.2. The van der Waals surface area contributed by atoms with Crippen LogP contribution in [-0.2, 0) is 6.42 Å². The summed E-state index contributed by atoms with van der Waals surface area (Å²) in [6, 6.07) is 12.1. The SMILES string of the molecule is CCC(N)Cc1ccccc1Oc1ccc(F)c(Cl)c1. The highest BCUT2D eigenvalue weighted by Crippen LogP contribution is 2.29. The van der Waals surface area contributed by atoms with Gasteiger partial charge < -0.3 is 10.5 Å². The zero-order valence-corrected chi connectivity index (χ0v) is 12.0. The van der Waals surface area contributed by atoms with Crippen molar-refractivity contribution in [1.82, 2.24) is 0 Å². The fraction of sp³-hybridized carbons (Fsp3) is 0.250. The number of para-hydroxylation sites is 1. The lowest BCUT2D eigenvalue weighted by atomic mass is 10.0. The Morgan fingerprint density at radius 1 is 1.25 bits per heavy atom. The highest BCUT2D eigenvalue weighted by Gasteiger charge is 2.09. The summed E-state index contributed by atoms with van der Waals surface area (Å²) in [6.07, 6.45) is 1.64. The van der Waals surface area contributed by atoms with E-state index in [4.69, 9.17) is 22.1 Å². The summed E-state index contributed by atoms with van der Waals surface area (Å²) < 4.78 is 18.9. The summed E-state index contributed by atoms with van der Waals surface area (Å²) in [6.45, 7) is 2.05. The van der Waals surface area contributed by atoms with Crippen molar-refractivity contribution in [3.63, 3.8) is 0 Å². The van der Waals surface area contributed by atoms with Crippen LogP contribution in [0.3, 0.4) is 0 Å². The highest BCUT2D eigenvalue weighted by molar-refractivity contribution is 6.30. The van der Waals surface area contributed by atoms with Gasteiger partial charge in [-0.25, -0.2) is 4.39 Å². The van der Waals surface area contributed by atoms with E-state index in [2.05, 4.69) is 0 Å². The Kier molecular flexibility index (Phi) is 4.99. The molecule has 2 N–H and O–H groups in total. The lowest BCUT2D eigenvalue weighted by Gasteiger charge is -2.14. The van der Waals surface area contributed by atoms with Crippen LogP contribution in [0.2, 0.25) is 5.02 Å². The largest absolute Gasteiger partial charge is 0.457 e. The molecule has 0 fully saturated rings. The first-order valence-electron chi connectivity index (χ1n) is 6.56. The Balaban J connectivity index is 2.22. The molecule has 0 spiro atoms. The van der Waals surface area contributed by atoms with Crippen LogP contribution in [0.5, 0.6) is 11.5 Å². The van der Waals surface area contributed by atoms with E-state index in [1.54, 1.807) is 6.07 Å². The molecule has 2 aromatic carbocycles. The molecule has 0 saturated carbocycles. The molecular formula is C16H17ClFNO. The van der Waals surface area contributed by atoms with Gasteiger partial charge in [-0.2, -0.15) is 0 Å². The Labute approximate surface area is 123 Å². The van der Waals surface area contributed by atoms with Crippen LogP contribution in [0, 0.1) is 5.82 Å². The first-order chi connectivity index (χ1) is 9.60. The molecule has 0 saturated heterocycles. The summed E-state index contributed by atoms with van der Waals surface area (Å²) in [5.74, 6) is 0.772. The third kappa shape index (κ3) is 3.71. The van der Waals surface area contributed by atoms with Crippen molar-refractivity contribution in [2.75, 3.05) is 0 Å². The van der Waals surface area contributed by atoms with E-state index in [9.17, 15) is 4.39 Å². The summed E-state index contributed by atoms with van der Waals surface area (Å²) in [4.78, 5) is 0. The molecule has 0 radical (unpaired) electrons. The predicted molar refractivity (Wildman–Crippen MR) is 79.9 cm³/mol. The highest BCUT2D eigenvalue weighted by atomic mass is 35.5. The lowest BCUT2D eigenvalue weighted by Crippen LogP contribution is -2.21. The first-order valence-corrected chi connectivity index (χ1v) is 6.94. The maximum absolute atomic E-state index is 13.1. The van der Waals surface area contributed by atoms with E-state index in [1.165, 1.54) is 12.1 Å². The van der Waals surface area contributed by atoms with Crippen molar-refractivity contribution in [3.05, 3.63) is 58.9 Å². The number of hydrogen-bond donors (Lipinski definition) is 1. The first kappa shape index (κ1) is 14.8. The molecule has 106 valence electrons. The van der Waals surface area contributed by atoms with Crippen LogP contribution in [-0.4, -0.2) is 6.04 Å². The maximum Gasteiger partial charge on any atom is 0.142 e. The molecule has 0 heterocycles. The Hall–Kier alpha value is -1.58. The Morgan fingerprint density at radius 3 is 2.70 bits per heavy atom. The molecule has 4 heteroatoms. The third-order valence-corrected chi connectivity index (χ3v) is 3.39. The van der Waals surface area contributed by atoms with Gasteiger partial charge in [-0.05, 0) is 36.6 Å². The van der Waals surface area contributed by atoms with E-state index in [0.29, 0.717) is 5.75 Å². The van der Waals surface area contributed by atoms with Crippen molar-refractivity contribution in [1.29, 1.82) is 0 Å². The van der Waals surface area contributed by atoms with Crippen LogP contribution < -0.4 is 10.5 Å². The summed E-state index contributed by atoms with van der Waals surface area (Å²) in [5, 5.41) is 0.0465. The zero-order chi connectivity index (χ0) is 14.5. The fourth-order valence-electron chi connectivity index (χ4n) is 1.87. The van der Waals surface area contributed by atoms with Gasteiger partial charge in [0.2, 0.25) is 0 Å². The minimum Gasteiger partial charge on any atom is -0.457 e. The van der Waals surface area contributed by atoms with Crippen LogP contribution >= 0.6 is 11.6 Å². The molecule has 0 aliphatic carbocycles. The van der Waals surface area contributed by atoms with Crippen molar-refractivity contribution >= 4 is 11.6 Å². The Morgan fingerprint density at radius 2 is 2.00 bits per heavy atom. The smallest absolute Gasteiger partial charge is 0.142 e.